The van der Waals surface area contributed by atoms with E-state index in [0.717, 1.165) is 5.56 Å². The van der Waals surface area contributed by atoms with Gasteiger partial charge in [0.1, 0.15) is 5.75 Å². The van der Waals surface area contributed by atoms with Crippen molar-refractivity contribution in [3.05, 3.63) is 83.4 Å². The minimum absolute atomic E-state index is 0.00525. The predicted molar refractivity (Wildman–Crippen MR) is 128 cm³/mol. The van der Waals surface area contributed by atoms with E-state index in [1.807, 2.05) is 13.0 Å². The maximum absolute atomic E-state index is 12.9. The second kappa shape index (κ2) is 10.7. The van der Waals surface area contributed by atoms with E-state index in [9.17, 15) is 13.2 Å². The first-order chi connectivity index (χ1) is 15.8. The average molecular weight is 464 g/mol. The maximum Gasteiger partial charge on any atom is 0.261 e. The van der Waals surface area contributed by atoms with Gasteiger partial charge in [0, 0.05) is 29.4 Å². The summed E-state index contributed by atoms with van der Waals surface area (Å²) in [6.45, 7) is 4.02. The third-order valence-corrected chi connectivity index (χ3v) is 6.21. The molecule has 0 radical (unpaired) electrons. The van der Waals surface area contributed by atoms with Gasteiger partial charge >= 0.3 is 0 Å². The highest BCUT2D eigenvalue weighted by atomic mass is 32.2. The van der Waals surface area contributed by atoms with E-state index in [1.165, 1.54) is 12.1 Å². The van der Waals surface area contributed by atoms with Crippen LogP contribution in [0, 0.1) is 25.2 Å². The lowest BCUT2D eigenvalue weighted by molar-refractivity contribution is 0.102. The summed E-state index contributed by atoms with van der Waals surface area (Å²) in [6.07, 6.45) is 1.03. The predicted octanol–water partition coefficient (Wildman–Crippen LogP) is 5.04. The van der Waals surface area contributed by atoms with Gasteiger partial charge in [0.15, 0.2) is 0 Å². The van der Waals surface area contributed by atoms with Crippen LogP contribution in [0.2, 0.25) is 0 Å². The highest BCUT2D eigenvalue weighted by Crippen LogP contribution is 2.22. The molecule has 0 heterocycles. The number of rotatable bonds is 9. The first-order valence-electron chi connectivity index (χ1n) is 10.4. The fraction of sp³-hybridized carbons (Fsp3) is 0.200. The Bertz CT molecular complexity index is 1300. The molecule has 3 rings (SSSR count). The van der Waals surface area contributed by atoms with Crippen molar-refractivity contribution in [3.8, 4) is 11.8 Å². The number of carbonyl (C=O) groups excluding carboxylic acids is 1. The molecule has 0 fully saturated rings. The van der Waals surface area contributed by atoms with E-state index >= 15 is 0 Å². The Hall–Kier alpha value is -3.83. The van der Waals surface area contributed by atoms with E-state index in [0.29, 0.717) is 42.1 Å². The topological polar surface area (TPSA) is 108 Å². The zero-order chi connectivity index (χ0) is 23.8. The van der Waals surface area contributed by atoms with Crippen molar-refractivity contribution in [2.45, 2.75) is 31.6 Å². The van der Waals surface area contributed by atoms with E-state index < -0.39 is 15.9 Å². The van der Waals surface area contributed by atoms with Crippen molar-refractivity contribution >= 4 is 27.3 Å². The largest absolute Gasteiger partial charge is 0.493 e. The monoisotopic (exact) mass is 463 g/mol. The van der Waals surface area contributed by atoms with Gasteiger partial charge in [0.25, 0.3) is 15.9 Å². The molecule has 0 bridgehead atoms. The minimum atomic E-state index is -3.87. The second-order valence-electron chi connectivity index (χ2n) is 7.54. The number of aryl methyl sites for hydroxylation is 2. The van der Waals surface area contributed by atoms with Gasteiger partial charge in [-0.15, -0.1) is 0 Å². The summed E-state index contributed by atoms with van der Waals surface area (Å²) in [6, 6.07) is 20.4. The number of nitriles is 1. The number of anilines is 2. The van der Waals surface area contributed by atoms with Gasteiger partial charge in [-0.25, -0.2) is 8.42 Å². The van der Waals surface area contributed by atoms with E-state index in [4.69, 9.17) is 10.00 Å². The maximum atomic E-state index is 12.9. The lowest BCUT2D eigenvalue weighted by Crippen LogP contribution is -2.17. The lowest BCUT2D eigenvalue weighted by Gasteiger charge is -2.13. The average Bonchev–Trinajstić information content (AvgIpc) is 2.77. The van der Waals surface area contributed by atoms with Crippen molar-refractivity contribution in [1.82, 2.24) is 0 Å². The van der Waals surface area contributed by atoms with Crippen molar-refractivity contribution in [2.24, 2.45) is 0 Å². The molecule has 8 heteroatoms. The van der Waals surface area contributed by atoms with Crippen LogP contribution >= 0.6 is 0 Å². The Balaban J connectivity index is 1.76. The number of carbonyl (C=O) groups is 1. The van der Waals surface area contributed by atoms with Crippen LogP contribution < -0.4 is 14.8 Å². The van der Waals surface area contributed by atoms with Crippen LogP contribution in [0.25, 0.3) is 0 Å². The summed E-state index contributed by atoms with van der Waals surface area (Å²) in [5, 5.41) is 11.4. The van der Waals surface area contributed by atoms with Crippen LogP contribution in [0.1, 0.15) is 34.3 Å². The van der Waals surface area contributed by atoms with Gasteiger partial charge < -0.3 is 10.1 Å². The van der Waals surface area contributed by atoms with Crippen LogP contribution in [0.15, 0.2) is 71.6 Å². The SMILES string of the molecule is Cc1cccc(NS(=O)(=O)c2ccc(C)c(C(=O)Nc3cccc(OCCCC#N)c3)c2)c1. The number of nitrogens with one attached hydrogen (secondary N) is 2. The van der Waals surface area contributed by atoms with Gasteiger partial charge in [-0.05, 0) is 67.8 Å². The highest BCUT2D eigenvalue weighted by Gasteiger charge is 2.18. The smallest absolute Gasteiger partial charge is 0.261 e. The summed E-state index contributed by atoms with van der Waals surface area (Å²) < 4.78 is 33.9. The van der Waals surface area contributed by atoms with Gasteiger partial charge in [-0.2, -0.15) is 5.26 Å². The Labute approximate surface area is 194 Å². The van der Waals surface area contributed by atoms with Crippen LogP contribution in [0.4, 0.5) is 11.4 Å². The molecule has 33 heavy (non-hydrogen) atoms. The fourth-order valence-electron chi connectivity index (χ4n) is 3.14. The number of nitrogens with zero attached hydrogens (tertiary/aromatic N) is 1. The summed E-state index contributed by atoms with van der Waals surface area (Å²) in [5.41, 5.74) is 2.79. The molecule has 0 aliphatic rings. The molecule has 0 atom stereocenters. The zero-order valence-electron chi connectivity index (χ0n) is 18.5. The first kappa shape index (κ1) is 23.8. The number of benzene rings is 3. The van der Waals surface area contributed by atoms with E-state index in [-0.39, 0.29) is 10.5 Å². The molecule has 2 N–H and O–H groups in total. The van der Waals surface area contributed by atoms with E-state index in [1.54, 1.807) is 55.5 Å². The van der Waals surface area contributed by atoms with Gasteiger partial charge in [-0.1, -0.05) is 24.3 Å². The van der Waals surface area contributed by atoms with Crippen LogP contribution in [-0.4, -0.2) is 20.9 Å². The Kier molecular flexibility index (Phi) is 7.70. The number of hydrogen-bond donors (Lipinski definition) is 2. The molecule has 0 unspecified atom stereocenters. The van der Waals surface area contributed by atoms with Crippen molar-refractivity contribution in [1.29, 1.82) is 5.26 Å². The molecule has 7 nitrogen and oxygen atoms in total. The summed E-state index contributed by atoms with van der Waals surface area (Å²) in [5.74, 6) is 0.142. The lowest BCUT2D eigenvalue weighted by atomic mass is 10.1. The molecule has 3 aromatic carbocycles. The summed E-state index contributed by atoms with van der Waals surface area (Å²) in [7, 11) is -3.87. The third kappa shape index (κ3) is 6.57. The van der Waals surface area contributed by atoms with Crippen molar-refractivity contribution < 1.29 is 17.9 Å². The molecule has 0 aromatic heterocycles. The Morgan fingerprint density at radius 2 is 1.76 bits per heavy atom. The van der Waals surface area contributed by atoms with Crippen molar-refractivity contribution in [2.75, 3.05) is 16.6 Å². The normalized spacial score (nSPS) is 10.8. The van der Waals surface area contributed by atoms with Crippen molar-refractivity contribution in [3.63, 3.8) is 0 Å². The third-order valence-electron chi connectivity index (χ3n) is 4.83. The summed E-state index contributed by atoms with van der Waals surface area (Å²) in [4.78, 5) is 12.9. The number of hydrogen-bond acceptors (Lipinski definition) is 5. The highest BCUT2D eigenvalue weighted by molar-refractivity contribution is 7.92. The Morgan fingerprint density at radius 1 is 1.00 bits per heavy atom. The molecule has 0 spiro atoms. The molecule has 0 aliphatic heterocycles. The molecular formula is C25H25N3O4S. The molecule has 170 valence electrons. The Morgan fingerprint density at radius 3 is 2.52 bits per heavy atom. The van der Waals surface area contributed by atoms with Gasteiger partial charge in [0.2, 0.25) is 0 Å². The fourth-order valence-corrected chi connectivity index (χ4v) is 4.21. The first-order valence-corrected chi connectivity index (χ1v) is 11.9. The zero-order valence-corrected chi connectivity index (χ0v) is 19.3. The minimum Gasteiger partial charge on any atom is -0.493 e. The number of ether oxygens (including phenoxy) is 1. The number of amides is 1. The molecule has 3 aromatic rings. The summed E-state index contributed by atoms with van der Waals surface area (Å²) >= 11 is 0. The second-order valence-corrected chi connectivity index (χ2v) is 9.23. The van der Waals surface area contributed by atoms with Gasteiger partial charge in [0.05, 0.1) is 17.6 Å². The standard InChI is InChI=1S/C25H25N3O4S/c1-18-7-5-9-21(15-18)28-33(30,31)23-12-11-19(2)24(17-23)25(29)27-20-8-6-10-22(16-20)32-14-4-3-13-26/h5-12,15-17,28H,3-4,14H2,1-2H3,(H,27,29). The van der Waals surface area contributed by atoms with Gasteiger partial charge in [-0.3, -0.25) is 9.52 Å². The molecule has 1 amide bonds. The molecular weight excluding hydrogens is 438 g/mol. The van der Waals surface area contributed by atoms with Crippen LogP contribution in [0.5, 0.6) is 5.75 Å². The molecule has 0 aliphatic carbocycles. The molecule has 0 saturated carbocycles. The quantitative estimate of drug-likeness (QED) is 0.432. The van der Waals surface area contributed by atoms with E-state index in [2.05, 4.69) is 16.1 Å². The number of unbranched alkanes of at least 4 members (excludes halogenated alkanes) is 1. The van der Waals surface area contributed by atoms with Crippen LogP contribution in [-0.2, 0) is 10.0 Å². The molecule has 0 saturated heterocycles. The number of sulfonamides is 1. The van der Waals surface area contributed by atoms with Crippen LogP contribution in [0.3, 0.4) is 0 Å².